The van der Waals surface area contributed by atoms with E-state index in [1.54, 1.807) is 34.9 Å². The van der Waals surface area contributed by atoms with Crippen molar-refractivity contribution in [1.82, 2.24) is 19.8 Å². The van der Waals surface area contributed by atoms with Gasteiger partial charge in [0.1, 0.15) is 0 Å². The van der Waals surface area contributed by atoms with Crippen molar-refractivity contribution in [3.05, 3.63) is 35.2 Å². The third kappa shape index (κ3) is 4.79. The van der Waals surface area contributed by atoms with Gasteiger partial charge in [-0.1, -0.05) is 0 Å². The van der Waals surface area contributed by atoms with Crippen LogP contribution in [0.4, 0.5) is 4.79 Å². The van der Waals surface area contributed by atoms with E-state index in [0.29, 0.717) is 49.4 Å². The van der Waals surface area contributed by atoms with Crippen molar-refractivity contribution in [2.45, 2.75) is 20.8 Å². The van der Waals surface area contributed by atoms with Crippen LogP contribution in [0.2, 0.25) is 0 Å². The summed E-state index contributed by atoms with van der Waals surface area (Å²) in [6.45, 7) is 6.97. The molecule has 0 bridgehead atoms. The van der Waals surface area contributed by atoms with Gasteiger partial charge in [0, 0.05) is 26.2 Å². The number of hydrogen-bond acceptors (Lipinski definition) is 7. The van der Waals surface area contributed by atoms with E-state index in [9.17, 15) is 14.4 Å². The van der Waals surface area contributed by atoms with Gasteiger partial charge >= 0.3 is 12.1 Å². The quantitative estimate of drug-likeness (QED) is 0.720. The average Bonchev–Trinajstić information content (AvgIpc) is 2.72. The minimum absolute atomic E-state index is 0.297. The summed E-state index contributed by atoms with van der Waals surface area (Å²) in [7, 11) is 0. The fourth-order valence-corrected chi connectivity index (χ4v) is 3.01. The van der Waals surface area contributed by atoms with Gasteiger partial charge in [-0.3, -0.25) is 4.79 Å². The minimum atomic E-state index is -0.592. The Bertz CT molecular complexity index is 938. The topological polar surface area (TPSA) is 102 Å². The summed E-state index contributed by atoms with van der Waals surface area (Å²) in [6.07, 6.45) is -0.379. The highest BCUT2D eigenvalue weighted by Crippen LogP contribution is 2.15. The molecule has 3 rings (SSSR count). The SMILES string of the molecule is CCOC(=O)N1CCN(C(=O)COC(=O)c2ccc3nc(C)c(C)nc3c2)CC1. The van der Waals surface area contributed by atoms with Crippen LogP contribution in [0.25, 0.3) is 11.0 Å². The number of aryl methyl sites for hydroxylation is 2. The number of fused-ring (bicyclic) bond motifs is 1. The largest absolute Gasteiger partial charge is 0.452 e. The van der Waals surface area contributed by atoms with E-state index in [-0.39, 0.29) is 18.6 Å². The lowest BCUT2D eigenvalue weighted by Crippen LogP contribution is -2.51. The Hall–Kier alpha value is -3.23. The summed E-state index contributed by atoms with van der Waals surface area (Å²) in [5.41, 5.74) is 3.24. The van der Waals surface area contributed by atoms with Gasteiger partial charge < -0.3 is 19.3 Å². The average molecular weight is 400 g/mol. The fourth-order valence-electron chi connectivity index (χ4n) is 3.01. The number of rotatable bonds is 4. The Morgan fingerprint density at radius 3 is 2.21 bits per heavy atom. The number of hydrogen-bond donors (Lipinski definition) is 0. The number of amides is 2. The Kier molecular flexibility index (Phi) is 6.26. The zero-order valence-electron chi connectivity index (χ0n) is 16.8. The molecule has 0 aliphatic carbocycles. The Balaban J connectivity index is 1.54. The molecule has 9 heteroatoms. The molecule has 29 heavy (non-hydrogen) atoms. The molecular formula is C20H24N4O5. The van der Waals surface area contributed by atoms with Crippen molar-refractivity contribution in [2.75, 3.05) is 39.4 Å². The van der Waals surface area contributed by atoms with Crippen LogP contribution in [0.5, 0.6) is 0 Å². The molecule has 1 aliphatic rings. The monoisotopic (exact) mass is 400 g/mol. The Morgan fingerprint density at radius 2 is 1.55 bits per heavy atom. The summed E-state index contributed by atoms with van der Waals surface area (Å²) in [6, 6.07) is 4.93. The minimum Gasteiger partial charge on any atom is -0.452 e. The number of aromatic nitrogens is 2. The molecule has 0 N–H and O–H groups in total. The van der Waals surface area contributed by atoms with E-state index < -0.39 is 5.97 Å². The van der Waals surface area contributed by atoms with Crippen molar-refractivity contribution in [2.24, 2.45) is 0 Å². The molecule has 0 spiro atoms. The summed E-state index contributed by atoms with van der Waals surface area (Å²) >= 11 is 0. The summed E-state index contributed by atoms with van der Waals surface area (Å²) < 4.78 is 10.1. The van der Waals surface area contributed by atoms with Crippen molar-refractivity contribution in [1.29, 1.82) is 0 Å². The lowest BCUT2D eigenvalue weighted by molar-refractivity contribution is -0.136. The van der Waals surface area contributed by atoms with Crippen molar-refractivity contribution < 1.29 is 23.9 Å². The summed E-state index contributed by atoms with van der Waals surface area (Å²) in [5, 5.41) is 0. The molecule has 2 amide bonds. The molecule has 0 saturated carbocycles. The van der Waals surface area contributed by atoms with Crippen LogP contribution in [0.1, 0.15) is 28.7 Å². The second-order valence-electron chi connectivity index (χ2n) is 6.74. The molecule has 0 unspecified atom stereocenters. The highest BCUT2D eigenvalue weighted by atomic mass is 16.6. The zero-order chi connectivity index (χ0) is 21.0. The second kappa shape index (κ2) is 8.85. The number of nitrogens with zero attached hydrogens (tertiary/aromatic N) is 4. The molecular weight excluding hydrogens is 376 g/mol. The molecule has 1 aliphatic heterocycles. The van der Waals surface area contributed by atoms with Gasteiger partial charge in [-0.15, -0.1) is 0 Å². The molecule has 1 aromatic heterocycles. The normalized spacial score (nSPS) is 14.0. The van der Waals surface area contributed by atoms with Crippen LogP contribution >= 0.6 is 0 Å². The molecule has 0 atom stereocenters. The smallest absolute Gasteiger partial charge is 0.409 e. The summed E-state index contributed by atoms with van der Waals surface area (Å²) in [4.78, 5) is 48.3. The number of carbonyl (C=O) groups excluding carboxylic acids is 3. The predicted molar refractivity (Wildman–Crippen MR) is 104 cm³/mol. The molecule has 0 radical (unpaired) electrons. The first-order valence-corrected chi connectivity index (χ1v) is 9.50. The van der Waals surface area contributed by atoms with Crippen molar-refractivity contribution in [3.8, 4) is 0 Å². The summed E-state index contributed by atoms with van der Waals surface area (Å²) in [5.74, 6) is -0.889. The molecule has 1 aromatic carbocycles. The first-order valence-electron chi connectivity index (χ1n) is 9.50. The van der Waals surface area contributed by atoms with Gasteiger partial charge in [-0.2, -0.15) is 0 Å². The van der Waals surface area contributed by atoms with Crippen LogP contribution in [-0.2, 0) is 14.3 Å². The fraction of sp³-hybridized carbons (Fsp3) is 0.450. The first kappa shape index (κ1) is 20.5. The van der Waals surface area contributed by atoms with E-state index in [2.05, 4.69) is 9.97 Å². The van der Waals surface area contributed by atoms with E-state index >= 15 is 0 Å². The van der Waals surface area contributed by atoms with Crippen LogP contribution in [-0.4, -0.2) is 77.1 Å². The number of esters is 1. The highest BCUT2D eigenvalue weighted by Gasteiger charge is 2.25. The molecule has 2 heterocycles. The lowest BCUT2D eigenvalue weighted by atomic mass is 10.2. The first-order chi connectivity index (χ1) is 13.9. The Morgan fingerprint density at radius 1 is 0.931 bits per heavy atom. The van der Waals surface area contributed by atoms with Gasteiger partial charge in [-0.05, 0) is 39.0 Å². The van der Waals surface area contributed by atoms with Crippen molar-refractivity contribution >= 4 is 29.0 Å². The number of benzene rings is 1. The van der Waals surface area contributed by atoms with E-state index in [0.717, 1.165) is 11.4 Å². The van der Waals surface area contributed by atoms with E-state index in [1.165, 1.54) is 0 Å². The number of carbonyl (C=O) groups is 3. The molecule has 2 aromatic rings. The van der Waals surface area contributed by atoms with E-state index in [4.69, 9.17) is 9.47 Å². The Labute approximate surface area is 168 Å². The lowest BCUT2D eigenvalue weighted by Gasteiger charge is -2.33. The van der Waals surface area contributed by atoms with Gasteiger partial charge in [0.25, 0.3) is 5.91 Å². The number of piperazine rings is 1. The maximum absolute atomic E-state index is 12.3. The molecule has 1 saturated heterocycles. The van der Waals surface area contributed by atoms with Gasteiger partial charge in [0.2, 0.25) is 0 Å². The molecule has 9 nitrogen and oxygen atoms in total. The maximum atomic E-state index is 12.3. The predicted octanol–water partition coefficient (Wildman–Crippen LogP) is 1.70. The van der Waals surface area contributed by atoms with E-state index in [1.807, 2.05) is 13.8 Å². The standard InChI is InChI=1S/C20H24N4O5/c1-4-28-20(27)24-9-7-23(8-10-24)18(25)12-29-19(26)15-5-6-16-17(11-15)22-14(3)13(2)21-16/h5-6,11H,4,7-10,12H2,1-3H3. The highest BCUT2D eigenvalue weighted by molar-refractivity contribution is 5.94. The zero-order valence-corrected chi connectivity index (χ0v) is 16.8. The van der Waals surface area contributed by atoms with Gasteiger partial charge in [0.15, 0.2) is 6.61 Å². The third-order valence-electron chi connectivity index (χ3n) is 4.80. The van der Waals surface area contributed by atoms with Crippen LogP contribution in [0.3, 0.4) is 0 Å². The third-order valence-corrected chi connectivity index (χ3v) is 4.80. The van der Waals surface area contributed by atoms with Crippen molar-refractivity contribution in [3.63, 3.8) is 0 Å². The number of ether oxygens (including phenoxy) is 2. The van der Waals surface area contributed by atoms with Crippen LogP contribution < -0.4 is 0 Å². The molecule has 1 fully saturated rings. The maximum Gasteiger partial charge on any atom is 0.409 e. The van der Waals surface area contributed by atoms with Crippen LogP contribution in [0.15, 0.2) is 18.2 Å². The second-order valence-corrected chi connectivity index (χ2v) is 6.74. The molecule has 154 valence electrons. The van der Waals surface area contributed by atoms with Gasteiger partial charge in [0.05, 0.1) is 34.6 Å². The van der Waals surface area contributed by atoms with Crippen LogP contribution in [0, 0.1) is 13.8 Å². The van der Waals surface area contributed by atoms with Gasteiger partial charge in [-0.25, -0.2) is 19.6 Å².